The van der Waals surface area contributed by atoms with E-state index in [2.05, 4.69) is 262 Å². The van der Waals surface area contributed by atoms with E-state index in [1.165, 1.54) is 10.8 Å². The highest BCUT2D eigenvalue weighted by molar-refractivity contribution is 6.14. The van der Waals surface area contributed by atoms with Gasteiger partial charge < -0.3 is 19.3 Å². The van der Waals surface area contributed by atoms with E-state index in [0.29, 0.717) is 0 Å². The second-order valence-corrected chi connectivity index (χ2v) is 14.2. The molecule has 4 heteroatoms. The van der Waals surface area contributed by atoms with Gasteiger partial charge >= 0.3 is 0 Å². The van der Waals surface area contributed by atoms with Crippen LogP contribution in [0.2, 0.25) is 0 Å². The Bertz CT molecular complexity index is 2740. The largest absolute Gasteiger partial charge is 0.310 e. The van der Waals surface area contributed by atoms with E-state index < -0.39 is 0 Å². The lowest BCUT2D eigenvalue weighted by molar-refractivity contribution is 1.16. The van der Waals surface area contributed by atoms with Crippen LogP contribution in [0.3, 0.4) is 0 Å². The van der Waals surface area contributed by atoms with Crippen LogP contribution in [0.15, 0.2) is 243 Å². The summed E-state index contributed by atoms with van der Waals surface area (Å²) in [7, 11) is 0. The molecular weight excluding hydrogens is 705 g/mol. The summed E-state index contributed by atoms with van der Waals surface area (Å²) in [6.45, 7) is 0. The molecule has 0 aliphatic carbocycles. The number of hydrogen-bond donors (Lipinski definition) is 0. The Morgan fingerprint density at radius 2 is 0.603 bits per heavy atom. The molecule has 276 valence electrons. The van der Waals surface area contributed by atoms with Gasteiger partial charge in [-0.3, -0.25) is 0 Å². The maximum atomic E-state index is 2.43. The summed E-state index contributed by atoms with van der Waals surface area (Å²) in [6.07, 6.45) is 0. The molecule has 0 N–H and O–H groups in total. The van der Waals surface area contributed by atoms with E-state index in [-0.39, 0.29) is 0 Å². The first-order valence-corrected chi connectivity index (χ1v) is 19.7. The van der Waals surface area contributed by atoms with Crippen molar-refractivity contribution < 1.29 is 0 Å². The standard InChI is InChI=1S/C54H40N4/c1-6-21-41(22-7-1)55(42-23-8-2-9-24-42)46-31-18-33-48(39-46)57(49-34-19-32-47(40-49)56(43-25-10-3-11-26-43)44-27-12-4-13-28-44)53-38-20-36-51-50-35-16-17-37-52(50)58(54(51)53)45-29-14-5-15-30-45/h1-40H. The summed E-state index contributed by atoms with van der Waals surface area (Å²) in [6, 6.07) is 86.4. The van der Waals surface area contributed by atoms with Crippen LogP contribution in [0.25, 0.3) is 27.5 Å². The van der Waals surface area contributed by atoms with Gasteiger partial charge in [0.25, 0.3) is 0 Å². The summed E-state index contributed by atoms with van der Waals surface area (Å²) in [5.41, 5.74) is 13.0. The predicted octanol–water partition coefficient (Wildman–Crippen LogP) is 15.2. The first-order valence-electron chi connectivity index (χ1n) is 19.7. The number of fused-ring (bicyclic) bond motifs is 3. The SMILES string of the molecule is c1ccc(N(c2ccccc2)c2cccc(N(c3cccc(N(c4ccccc4)c4ccccc4)c3)c3cccc4c5ccccc5n(-c5ccccc5)c34)c2)cc1. The summed E-state index contributed by atoms with van der Waals surface area (Å²) >= 11 is 0. The number of anilines is 9. The maximum absolute atomic E-state index is 2.43. The van der Waals surface area contributed by atoms with Crippen molar-refractivity contribution in [1.82, 2.24) is 4.57 Å². The van der Waals surface area contributed by atoms with Crippen LogP contribution in [0.5, 0.6) is 0 Å². The van der Waals surface area contributed by atoms with E-state index in [9.17, 15) is 0 Å². The Balaban J connectivity index is 1.24. The summed E-state index contributed by atoms with van der Waals surface area (Å²) in [4.78, 5) is 7.08. The fourth-order valence-electron chi connectivity index (χ4n) is 8.20. The topological polar surface area (TPSA) is 14.7 Å². The average molecular weight is 745 g/mol. The fourth-order valence-corrected chi connectivity index (χ4v) is 8.20. The van der Waals surface area contributed by atoms with E-state index in [4.69, 9.17) is 0 Å². The molecule has 0 aliphatic heterocycles. The zero-order valence-electron chi connectivity index (χ0n) is 31.9. The molecule has 0 saturated heterocycles. The Hall–Kier alpha value is -7.82. The van der Waals surface area contributed by atoms with Gasteiger partial charge in [-0.15, -0.1) is 0 Å². The number of rotatable bonds is 10. The van der Waals surface area contributed by atoms with Gasteiger partial charge in [-0.05, 0) is 109 Å². The minimum absolute atomic E-state index is 1.04. The van der Waals surface area contributed by atoms with Gasteiger partial charge in [0.2, 0.25) is 0 Å². The molecule has 0 radical (unpaired) electrons. The van der Waals surface area contributed by atoms with Crippen LogP contribution < -0.4 is 14.7 Å². The van der Waals surface area contributed by atoms with Gasteiger partial charge in [0.05, 0.1) is 16.7 Å². The van der Waals surface area contributed by atoms with Crippen molar-refractivity contribution in [3.8, 4) is 5.69 Å². The van der Waals surface area contributed by atoms with Crippen molar-refractivity contribution in [1.29, 1.82) is 0 Å². The molecule has 0 fully saturated rings. The number of nitrogens with zero attached hydrogens (tertiary/aromatic N) is 4. The van der Waals surface area contributed by atoms with Gasteiger partial charge in [0.1, 0.15) is 0 Å². The first-order chi connectivity index (χ1) is 28.8. The second kappa shape index (κ2) is 15.4. The maximum Gasteiger partial charge on any atom is 0.0782 e. The van der Waals surface area contributed by atoms with E-state index >= 15 is 0 Å². The average Bonchev–Trinajstić information content (AvgIpc) is 3.64. The lowest BCUT2D eigenvalue weighted by atomic mass is 10.1. The Kier molecular flexibility index (Phi) is 9.18. The smallest absolute Gasteiger partial charge is 0.0782 e. The highest BCUT2D eigenvalue weighted by Gasteiger charge is 2.24. The van der Waals surface area contributed by atoms with Crippen LogP contribution in [0.4, 0.5) is 51.2 Å². The normalized spacial score (nSPS) is 11.1. The minimum atomic E-state index is 1.04. The Labute approximate surface area is 339 Å². The third-order valence-electron chi connectivity index (χ3n) is 10.7. The van der Waals surface area contributed by atoms with E-state index in [1.54, 1.807) is 0 Å². The molecule has 10 rings (SSSR count). The third-order valence-corrected chi connectivity index (χ3v) is 10.7. The van der Waals surface area contributed by atoms with Gasteiger partial charge in [0, 0.05) is 62.0 Å². The summed E-state index contributed by atoms with van der Waals surface area (Å²) in [5.74, 6) is 0. The molecule has 4 nitrogen and oxygen atoms in total. The number of benzene rings is 9. The molecular formula is C54H40N4. The van der Waals surface area contributed by atoms with Gasteiger partial charge in [-0.1, -0.05) is 133 Å². The molecule has 0 aliphatic rings. The second-order valence-electron chi connectivity index (χ2n) is 14.2. The first kappa shape index (κ1) is 34.7. The highest BCUT2D eigenvalue weighted by atomic mass is 15.2. The molecule has 1 aromatic heterocycles. The molecule has 0 amide bonds. The van der Waals surface area contributed by atoms with Crippen LogP contribution >= 0.6 is 0 Å². The van der Waals surface area contributed by atoms with Crippen LogP contribution in [-0.2, 0) is 0 Å². The van der Waals surface area contributed by atoms with Gasteiger partial charge in [-0.2, -0.15) is 0 Å². The van der Waals surface area contributed by atoms with Crippen molar-refractivity contribution in [3.63, 3.8) is 0 Å². The Morgan fingerprint density at radius 1 is 0.259 bits per heavy atom. The lowest BCUT2D eigenvalue weighted by Gasteiger charge is -2.31. The zero-order valence-corrected chi connectivity index (χ0v) is 31.9. The predicted molar refractivity (Wildman–Crippen MR) is 245 cm³/mol. The lowest BCUT2D eigenvalue weighted by Crippen LogP contribution is -2.15. The molecule has 0 spiro atoms. The van der Waals surface area contributed by atoms with Crippen LogP contribution in [-0.4, -0.2) is 4.57 Å². The van der Waals surface area contributed by atoms with Crippen molar-refractivity contribution in [2.24, 2.45) is 0 Å². The minimum Gasteiger partial charge on any atom is -0.310 e. The number of aromatic nitrogens is 1. The quantitative estimate of drug-likeness (QED) is 0.139. The summed E-state index contributed by atoms with van der Waals surface area (Å²) in [5, 5.41) is 2.41. The molecule has 1 heterocycles. The molecule has 9 aromatic carbocycles. The highest BCUT2D eigenvalue weighted by Crippen LogP contribution is 2.46. The number of para-hydroxylation sites is 7. The van der Waals surface area contributed by atoms with E-state index in [1.807, 2.05) is 0 Å². The van der Waals surface area contributed by atoms with E-state index in [0.717, 1.165) is 67.9 Å². The molecule has 0 atom stereocenters. The molecule has 10 aromatic rings. The van der Waals surface area contributed by atoms with Gasteiger partial charge in [-0.25, -0.2) is 0 Å². The fraction of sp³-hybridized carbons (Fsp3) is 0. The third kappa shape index (κ3) is 6.43. The molecule has 0 saturated carbocycles. The Morgan fingerprint density at radius 3 is 1.07 bits per heavy atom. The molecule has 58 heavy (non-hydrogen) atoms. The van der Waals surface area contributed by atoms with Gasteiger partial charge in [0.15, 0.2) is 0 Å². The van der Waals surface area contributed by atoms with Crippen LogP contribution in [0, 0.1) is 0 Å². The van der Waals surface area contributed by atoms with Crippen LogP contribution in [0.1, 0.15) is 0 Å². The monoisotopic (exact) mass is 744 g/mol. The molecule has 0 unspecified atom stereocenters. The summed E-state index contributed by atoms with van der Waals surface area (Å²) < 4.78 is 2.42. The zero-order chi connectivity index (χ0) is 38.7. The number of hydrogen-bond acceptors (Lipinski definition) is 3. The molecule has 0 bridgehead atoms. The van der Waals surface area contributed by atoms with Crippen molar-refractivity contribution in [3.05, 3.63) is 243 Å². The van der Waals surface area contributed by atoms with Crippen molar-refractivity contribution >= 4 is 73.0 Å². The van der Waals surface area contributed by atoms with Crippen molar-refractivity contribution in [2.45, 2.75) is 0 Å². The van der Waals surface area contributed by atoms with Crippen molar-refractivity contribution in [2.75, 3.05) is 14.7 Å².